The molecule has 2 heterocycles. The molecular formula is C29H34N2O6S. The summed E-state index contributed by atoms with van der Waals surface area (Å²) < 4.78 is 21.6. The number of hydrogen-bond acceptors (Lipinski definition) is 7. The minimum Gasteiger partial charge on any atom is -0.493 e. The topological polar surface area (TPSA) is 77.5 Å². The molecule has 0 N–H and O–H groups in total. The Labute approximate surface area is 227 Å². The SMILES string of the molecule is CCCN(CC(=O)N(CCc1ccc(OC)c(OC)c1)Cc1ccc(C)s1)C(=O)c1ccc2c(c1)OCO2. The summed E-state index contributed by atoms with van der Waals surface area (Å²) in [5, 5.41) is 0. The van der Waals surface area contributed by atoms with Crippen molar-refractivity contribution in [3.8, 4) is 23.0 Å². The van der Waals surface area contributed by atoms with Gasteiger partial charge in [0.15, 0.2) is 23.0 Å². The zero-order valence-corrected chi connectivity index (χ0v) is 23.1. The summed E-state index contributed by atoms with van der Waals surface area (Å²) in [5.41, 5.74) is 1.51. The number of fused-ring (bicyclic) bond motifs is 1. The van der Waals surface area contributed by atoms with E-state index in [1.54, 1.807) is 48.7 Å². The normalized spacial score (nSPS) is 11.8. The molecule has 9 heteroatoms. The van der Waals surface area contributed by atoms with Crippen molar-refractivity contribution in [1.82, 2.24) is 9.80 Å². The van der Waals surface area contributed by atoms with E-state index in [0.717, 1.165) is 16.9 Å². The number of nitrogens with zero attached hydrogens (tertiary/aromatic N) is 2. The third-order valence-corrected chi connectivity index (χ3v) is 7.33. The van der Waals surface area contributed by atoms with Gasteiger partial charge < -0.3 is 28.7 Å². The standard InChI is InChI=1S/C29H34N2O6S/c1-5-13-31(29(33)22-8-11-25-27(16-22)37-19-36-25)18-28(32)30(17-23-9-6-20(2)38-23)14-12-21-7-10-24(34-3)26(15-21)35-4/h6-11,15-16H,5,12-14,17-19H2,1-4H3. The Bertz CT molecular complexity index is 1270. The molecule has 1 aromatic heterocycles. The quantitative estimate of drug-likeness (QED) is 0.326. The second kappa shape index (κ2) is 12.7. The molecule has 2 amide bonds. The van der Waals surface area contributed by atoms with Gasteiger partial charge in [-0.2, -0.15) is 0 Å². The Morgan fingerprint density at radius 2 is 1.71 bits per heavy atom. The minimum absolute atomic E-state index is 0.00257. The molecule has 0 radical (unpaired) electrons. The number of thiophene rings is 1. The van der Waals surface area contributed by atoms with E-state index in [1.807, 2.05) is 30.0 Å². The summed E-state index contributed by atoms with van der Waals surface area (Å²) >= 11 is 1.67. The Morgan fingerprint density at radius 3 is 2.42 bits per heavy atom. The number of amides is 2. The molecule has 1 aliphatic heterocycles. The van der Waals surface area contributed by atoms with Crippen LogP contribution in [0.1, 0.15) is 39.0 Å². The third kappa shape index (κ3) is 6.58. The van der Waals surface area contributed by atoms with Crippen LogP contribution in [0.15, 0.2) is 48.5 Å². The van der Waals surface area contributed by atoms with Crippen LogP contribution in [0.2, 0.25) is 0 Å². The molecule has 0 saturated carbocycles. The van der Waals surface area contributed by atoms with Gasteiger partial charge >= 0.3 is 0 Å². The molecular weight excluding hydrogens is 504 g/mol. The van der Waals surface area contributed by atoms with Crippen LogP contribution < -0.4 is 18.9 Å². The molecule has 0 unspecified atom stereocenters. The van der Waals surface area contributed by atoms with Crippen molar-refractivity contribution >= 4 is 23.2 Å². The fourth-order valence-corrected chi connectivity index (χ4v) is 5.25. The van der Waals surface area contributed by atoms with Crippen LogP contribution in [0.3, 0.4) is 0 Å². The lowest BCUT2D eigenvalue weighted by Gasteiger charge is -2.27. The molecule has 0 fully saturated rings. The van der Waals surface area contributed by atoms with Gasteiger partial charge in [0.1, 0.15) is 6.54 Å². The Balaban J connectivity index is 1.50. The average molecular weight is 539 g/mol. The van der Waals surface area contributed by atoms with Gasteiger partial charge in [-0.1, -0.05) is 13.0 Å². The van der Waals surface area contributed by atoms with Crippen molar-refractivity contribution < 1.29 is 28.5 Å². The molecule has 0 aliphatic carbocycles. The van der Waals surface area contributed by atoms with E-state index in [4.69, 9.17) is 18.9 Å². The molecule has 0 saturated heterocycles. The first-order chi connectivity index (χ1) is 18.4. The zero-order chi connectivity index (χ0) is 27.1. The molecule has 1 aliphatic rings. The number of carbonyl (C=O) groups is 2. The van der Waals surface area contributed by atoms with Gasteiger partial charge in [-0.15, -0.1) is 11.3 Å². The number of aryl methyl sites for hydroxylation is 1. The fourth-order valence-electron chi connectivity index (χ4n) is 4.35. The lowest BCUT2D eigenvalue weighted by molar-refractivity contribution is -0.132. The maximum atomic E-state index is 13.7. The zero-order valence-electron chi connectivity index (χ0n) is 22.3. The van der Waals surface area contributed by atoms with Crippen LogP contribution in [-0.4, -0.2) is 62.3 Å². The molecule has 2 aromatic carbocycles. The maximum Gasteiger partial charge on any atom is 0.254 e. The van der Waals surface area contributed by atoms with Crippen LogP contribution >= 0.6 is 11.3 Å². The minimum atomic E-state index is -0.203. The number of rotatable bonds is 12. The monoisotopic (exact) mass is 538 g/mol. The predicted octanol–water partition coefficient (Wildman–Crippen LogP) is 4.93. The first-order valence-electron chi connectivity index (χ1n) is 12.6. The fraction of sp³-hybridized carbons (Fsp3) is 0.379. The van der Waals surface area contributed by atoms with E-state index >= 15 is 0 Å². The predicted molar refractivity (Wildman–Crippen MR) is 146 cm³/mol. The van der Waals surface area contributed by atoms with E-state index < -0.39 is 0 Å². The summed E-state index contributed by atoms with van der Waals surface area (Å²) in [7, 11) is 3.21. The maximum absolute atomic E-state index is 13.7. The average Bonchev–Trinajstić information content (AvgIpc) is 3.57. The second-order valence-electron chi connectivity index (χ2n) is 9.06. The summed E-state index contributed by atoms with van der Waals surface area (Å²) in [6.45, 7) is 5.65. The highest BCUT2D eigenvalue weighted by Gasteiger charge is 2.24. The molecule has 202 valence electrons. The van der Waals surface area contributed by atoms with Crippen LogP contribution in [-0.2, 0) is 17.8 Å². The van der Waals surface area contributed by atoms with Crippen LogP contribution in [0.4, 0.5) is 0 Å². The molecule has 4 rings (SSSR count). The first-order valence-corrected chi connectivity index (χ1v) is 13.5. The van der Waals surface area contributed by atoms with Crippen molar-refractivity contribution in [2.24, 2.45) is 0 Å². The summed E-state index contributed by atoms with van der Waals surface area (Å²) in [6, 6.07) is 15.0. The van der Waals surface area contributed by atoms with Gasteiger partial charge in [-0.3, -0.25) is 9.59 Å². The van der Waals surface area contributed by atoms with E-state index in [1.165, 1.54) is 4.88 Å². The molecule has 8 nitrogen and oxygen atoms in total. The molecule has 0 spiro atoms. The number of benzene rings is 2. The highest BCUT2D eigenvalue weighted by Crippen LogP contribution is 2.33. The smallest absolute Gasteiger partial charge is 0.254 e. The second-order valence-corrected chi connectivity index (χ2v) is 10.4. The van der Waals surface area contributed by atoms with Gasteiger partial charge in [-0.05, 0) is 67.8 Å². The lowest BCUT2D eigenvalue weighted by Crippen LogP contribution is -2.43. The number of ether oxygens (including phenoxy) is 4. The third-order valence-electron chi connectivity index (χ3n) is 6.34. The summed E-state index contributed by atoms with van der Waals surface area (Å²) in [6.07, 6.45) is 1.37. The van der Waals surface area contributed by atoms with Crippen molar-refractivity contribution in [3.05, 3.63) is 69.4 Å². The van der Waals surface area contributed by atoms with Gasteiger partial charge in [0.05, 0.1) is 20.8 Å². The first kappa shape index (κ1) is 27.3. The lowest BCUT2D eigenvalue weighted by atomic mass is 10.1. The summed E-state index contributed by atoms with van der Waals surface area (Å²) in [5.74, 6) is 2.18. The number of hydrogen-bond donors (Lipinski definition) is 0. The van der Waals surface area contributed by atoms with E-state index in [2.05, 4.69) is 19.1 Å². The highest BCUT2D eigenvalue weighted by atomic mass is 32.1. The van der Waals surface area contributed by atoms with E-state index in [0.29, 0.717) is 54.6 Å². The largest absolute Gasteiger partial charge is 0.493 e. The Morgan fingerprint density at radius 1 is 0.921 bits per heavy atom. The Hall–Kier alpha value is -3.72. The van der Waals surface area contributed by atoms with Crippen molar-refractivity contribution in [2.45, 2.75) is 33.2 Å². The number of carbonyl (C=O) groups excluding carboxylic acids is 2. The van der Waals surface area contributed by atoms with E-state index in [-0.39, 0.29) is 25.2 Å². The Kier molecular flexibility index (Phi) is 9.12. The van der Waals surface area contributed by atoms with Crippen LogP contribution in [0.5, 0.6) is 23.0 Å². The molecule has 38 heavy (non-hydrogen) atoms. The van der Waals surface area contributed by atoms with Crippen molar-refractivity contribution in [2.75, 3.05) is 40.6 Å². The number of methoxy groups -OCH3 is 2. The van der Waals surface area contributed by atoms with Gasteiger partial charge in [0.25, 0.3) is 5.91 Å². The van der Waals surface area contributed by atoms with Gasteiger partial charge in [0.2, 0.25) is 12.7 Å². The van der Waals surface area contributed by atoms with Crippen molar-refractivity contribution in [1.29, 1.82) is 0 Å². The van der Waals surface area contributed by atoms with Crippen LogP contribution in [0.25, 0.3) is 0 Å². The molecule has 0 bridgehead atoms. The molecule has 0 atom stereocenters. The summed E-state index contributed by atoms with van der Waals surface area (Å²) in [4.78, 5) is 32.8. The van der Waals surface area contributed by atoms with Gasteiger partial charge in [-0.25, -0.2) is 0 Å². The van der Waals surface area contributed by atoms with Crippen molar-refractivity contribution in [3.63, 3.8) is 0 Å². The highest BCUT2D eigenvalue weighted by molar-refractivity contribution is 7.11. The van der Waals surface area contributed by atoms with E-state index in [9.17, 15) is 9.59 Å². The molecule has 3 aromatic rings. The van der Waals surface area contributed by atoms with Gasteiger partial charge in [0, 0.05) is 28.4 Å². The van der Waals surface area contributed by atoms with Crippen LogP contribution in [0, 0.1) is 6.92 Å².